The van der Waals surface area contributed by atoms with Crippen molar-refractivity contribution >= 4 is 23.3 Å². The Labute approximate surface area is 144 Å². The van der Waals surface area contributed by atoms with Gasteiger partial charge in [-0.25, -0.2) is 0 Å². The minimum absolute atomic E-state index is 0.841. The predicted molar refractivity (Wildman–Crippen MR) is 104 cm³/mol. The first-order valence-corrected chi connectivity index (χ1v) is 10.00. The Morgan fingerprint density at radius 3 is 1.58 bits per heavy atom. The summed E-state index contributed by atoms with van der Waals surface area (Å²) in [5.41, 5.74) is 2.25. The van der Waals surface area contributed by atoms with E-state index in [2.05, 4.69) is 19.1 Å². The molecule has 1 nitrogen and oxygen atoms in total. The normalized spacial score (nSPS) is 12.1. The van der Waals surface area contributed by atoms with Crippen molar-refractivity contribution in [3.63, 3.8) is 0 Å². The minimum atomic E-state index is -2.82. The van der Waals surface area contributed by atoms with Gasteiger partial charge in [0.25, 0.3) is 0 Å². The van der Waals surface area contributed by atoms with Crippen LogP contribution in [0.2, 0.25) is 0 Å². The maximum atomic E-state index is 14.1. The largest absolute Gasteiger partial charge is 0.309 e. The van der Waals surface area contributed by atoms with Crippen molar-refractivity contribution in [1.29, 1.82) is 0 Å². The second-order valence-electron chi connectivity index (χ2n) is 5.70. The molecule has 0 aliphatic carbocycles. The van der Waals surface area contributed by atoms with Crippen LogP contribution in [-0.4, -0.2) is 0 Å². The van der Waals surface area contributed by atoms with Crippen LogP contribution in [0.3, 0.4) is 0 Å². The smallest absolute Gasteiger partial charge is 0.164 e. The average molecular weight is 332 g/mol. The van der Waals surface area contributed by atoms with Crippen LogP contribution in [0.4, 0.5) is 0 Å². The lowest BCUT2D eigenvalue weighted by atomic mass is 10.1. The van der Waals surface area contributed by atoms with Gasteiger partial charge in [0.15, 0.2) is 7.14 Å². The van der Waals surface area contributed by atoms with Gasteiger partial charge in [-0.05, 0) is 23.4 Å². The molecule has 3 aromatic carbocycles. The molecule has 0 radical (unpaired) electrons. The second kappa shape index (κ2) is 7.47. The summed E-state index contributed by atoms with van der Waals surface area (Å²) >= 11 is 0. The zero-order chi connectivity index (χ0) is 16.8. The van der Waals surface area contributed by atoms with Gasteiger partial charge in [-0.15, -0.1) is 0 Å². The van der Waals surface area contributed by atoms with Gasteiger partial charge in [-0.2, -0.15) is 0 Å². The van der Waals surface area contributed by atoms with Gasteiger partial charge < -0.3 is 4.57 Å². The van der Waals surface area contributed by atoms with E-state index in [0.29, 0.717) is 0 Å². The van der Waals surface area contributed by atoms with Crippen LogP contribution in [0.15, 0.2) is 96.8 Å². The summed E-state index contributed by atoms with van der Waals surface area (Å²) in [6.45, 7) is 2.11. The van der Waals surface area contributed by atoms with Crippen LogP contribution in [0.25, 0.3) is 5.57 Å². The third-order valence-corrected chi connectivity index (χ3v) is 6.95. The van der Waals surface area contributed by atoms with Crippen LogP contribution < -0.4 is 10.6 Å². The van der Waals surface area contributed by atoms with Gasteiger partial charge in [0.2, 0.25) is 0 Å². The number of hydrogen-bond acceptors (Lipinski definition) is 1. The topological polar surface area (TPSA) is 17.1 Å². The van der Waals surface area contributed by atoms with Gasteiger partial charge in [0, 0.05) is 10.6 Å². The van der Waals surface area contributed by atoms with Crippen molar-refractivity contribution < 1.29 is 4.57 Å². The molecule has 0 atom stereocenters. The van der Waals surface area contributed by atoms with Crippen molar-refractivity contribution in [2.24, 2.45) is 0 Å². The molecule has 3 aromatic rings. The summed E-state index contributed by atoms with van der Waals surface area (Å²) < 4.78 is 14.1. The van der Waals surface area contributed by atoms with E-state index < -0.39 is 7.14 Å². The molecule has 3 rings (SSSR count). The highest BCUT2D eigenvalue weighted by Crippen LogP contribution is 2.47. The summed E-state index contributed by atoms with van der Waals surface area (Å²) in [4.78, 5) is 0. The molecule has 0 heterocycles. The molecule has 2 heteroatoms. The average Bonchev–Trinajstić information content (AvgIpc) is 2.68. The molecule has 0 fully saturated rings. The molecule has 0 aliphatic heterocycles. The van der Waals surface area contributed by atoms with E-state index in [1.807, 2.05) is 84.7 Å². The van der Waals surface area contributed by atoms with Crippen molar-refractivity contribution in [3.8, 4) is 0 Å². The lowest BCUT2D eigenvalue weighted by Gasteiger charge is -2.18. The van der Waals surface area contributed by atoms with Gasteiger partial charge in [-0.1, -0.05) is 97.9 Å². The molecule has 0 saturated heterocycles. The molecule has 0 N–H and O–H groups in total. The summed E-state index contributed by atoms with van der Waals surface area (Å²) in [6.07, 6.45) is 0.841. The highest BCUT2D eigenvalue weighted by molar-refractivity contribution is 7.81. The third kappa shape index (κ3) is 3.42. The zero-order valence-electron chi connectivity index (χ0n) is 13.8. The van der Waals surface area contributed by atoms with Gasteiger partial charge >= 0.3 is 0 Å². The second-order valence-corrected chi connectivity index (χ2v) is 8.31. The number of rotatable bonds is 5. The first kappa shape index (κ1) is 16.5. The highest BCUT2D eigenvalue weighted by Gasteiger charge is 2.25. The Morgan fingerprint density at radius 1 is 0.750 bits per heavy atom. The maximum Gasteiger partial charge on any atom is 0.164 e. The van der Waals surface area contributed by atoms with Crippen LogP contribution in [0.5, 0.6) is 0 Å². The third-order valence-electron chi connectivity index (χ3n) is 4.14. The Bertz CT molecular complexity index is 809. The van der Waals surface area contributed by atoms with Gasteiger partial charge in [0.1, 0.15) is 0 Å². The summed E-state index contributed by atoms with van der Waals surface area (Å²) in [5, 5.41) is 1.75. The van der Waals surface area contributed by atoms with Crippen LogP contribution >= 0.6 is 7.14 Å². The molecule has 0 spiro atoms. The summed E-state index contributed by atoms with van der Waals surface area (Å²) in [7, 11) is -2.82. The molecule has 0 bridgehead atoms. The van der Waals surface area contributed by atoms with Crippen molar-refractivity contribution in [2.45, 2.75) is 13.3 Å². The molecule has 120 valence electrons. The molecule has 0 aliphatic rings. The molecule has 0 saturated carbocycles. The fourth-order valence-corrected chi connectivity index (χ4v) is 5.44. The molecule has 0 unspecified atom stereocenters. The van der Waals surface area contributed by atoms with E-state index in [-0.39, 0.29) is 0 Å². The fraction of sp³-hybridized carbons (Fsp3) is 0.0909. The zero-order valence-corrected chi connectivity index (χ0v) is 14.7. The lowest BCUT2D eigenvalue weighted by molar-refractivity contribution is 0.592. The first-order valence-electron chi connectivity index (χ1n) is 8.22. The van der Waals surface area contributed by atoms with Gasteiger partial charge in [-0.3, -0.25) is 0 Å². The van der Waals surface area contributed by atoms with E-state index in [1.54, 1.807) is 0 Å². The standard InChI is InChI=1S/C22H21OP/c1-2-19(20-12-6-3-7-13-20)18-24(23,21-14-8-4-9-15-21)22-16-10-5-11-17-22/h3-18H,2H2,1H3/b19-18-. The molecule has 0 aromatic heterocycles. The van der Waals surface area contributed by atoms with E-state index in [9.17, 15) is 4.57 Å². The van der Waals surface area contributed by atoms with E-state index in [1.165, 1.54) is 0 Å². The minimum Gasteiger partial charge on any atom is -0.309 e. The molecule has 24 heavy (non-hydrogen) atoms. The lowest BCUT2D eigenvalue weighted by Crippen LogP contribution is -2.14. The molecular formula is C22H21OP. The van der Waals surface area contributed by atoms with Gasteiger partial charge in [0.05, 0.1) is 0 Å². The van der Waals surface area contributed by atoms with Crippen molar-refractivity contribution in [1.82, 2.24) is 0 Å². The summed E-state index contributed by atoms with van der Waals surface area (Å²) in [6, 6.07) is 29.8. The van der Waals surface area contributed by atoms with Crippen LogP contribution in [0.1, 0.15) is 18.9 Å². The summed E-state index contributed by atoms with van der Waals surface area (Å²) in [5.74, 6) is 1.99. The van der Waals surface area contributed by atoms with E-state index in [0.717, 1.165) is 28.2 Å². The number of hydrogen-bond donors (Lipinski definition) is 0. The van der Waals surface area contributed by atoms with Crippen LogP contribution in [-0.2, 0) is 4.57 Å². The quantitative estimate of drug-likeness (QED) is 0.568. The Hall–Kier alpha value is -2.37. The van der Waals surface area contributed by atoms with E-state index in [4.69, 9.17) is 0 Å². The predicted octanol–water partition coefficient (Wildman–Crippen LogP) is 5.45. The first-order chi connectivity index (χ1) is 11.7. The monoisotopic (exact) mass is 332 g/mol. The Balaban J connectivity index is 2.19. The fourth-order valence-electron chi connectivity index (χ4n) is 2.84. The van der Waals surface area contributed by atoms with Crippen molar-refractivity contribution in [3.05, 3.63) is 102 Å². The Morgan fingerprint density at radius 2 is 1.17 bits per heavy atom. The Kier molecular flexibility index (Phi) is 5.13. The van der Waals surface area contributed by atoms with Crippen molar-refractivity contribution in [2.75, 3.05) is 0 Å². The maximum absolute atomic E-state index is 14.1. The van der Waals surface area contributed by atoms with Crippen LogP contribution in [0, 0.1) is 0 Å². The SMILES string of the molecule is CC/C(=C/P(=O)(c1ccccc1)c1ccccc1)c1ccccc1. The van der Waals surface area contributed by atoms with E-state index >= 15 is 0 Å². The number of allylic oxidation sites excluding steroid dienone is 1. The molecule has 0 amide bonds. The highest BCUT2D eigenvalue weighted by atomic mass is 31.2. The number of benzene rings is 3. The molecular weight excluding hydrogens is 311 g/mol.